The van der Waals surface area contributed by atoms with Crippen molar-refractivity contribution in [1.29, 1.82) is 0 Å². The minimum absolute atomic E-state index is 0.200. The highest BCUT2D eigenvalue weighted by Gasteiger charge is 2.36. The average molecular weight is 305 g/mol. The molecule has 120 valence electrons. The quantitative estimate of drug-likeness (QED) is 0.877. The predicted octanol–water partition coefficient (Wildman–Crippen LogP) is 3.28. The highest BCUT2D eigenvalue weighted by molar-refractivity contribution is 5.94. The lowest BCUT2D eigenvalue weighted by atomic mass is 10.1. The van der Waals surface area contributed by atoms with Gasteiger partial charge in [-0.15, -0.1) is 0 Å². The second-order valence-electron chi connectivity index (χ2n) is 4.96. The molecule has 1 amide bonds. The molecule has 0 atom stereocenters. The van der Waals surface area contributed by atoms with Gasteiger partial charge < -0.3 is 15.2 Å². The van der Waals surface area contributed by atoms with Gasteiger partial charge in [-0.1, -0.05) is 13.8 Å². The molecule has 0 aliphatic carbocycles. The molecule has 0 fully saturated rings. The summed E-state index contributed by atoms with van der Waals surface area (Å²) in [5, 5.41) is 0. The summed E-state index contributed by atoms with van der Waals surface area (Å²) in [7, 11) is 0. The number of aryl methyl sites for hydroxylation is 1. The van der Waals surface area contributed by atoms with Crippen LogP contribution in [0.4, 0.5) is 18.9 Å². The van der Waals surface area contributed by atoms with E-state index in [0.29, 0.717) is 25.1 Å². The highest BCUT2D eigenvalue weighted by Crippen LogP contribution is 2.23. The summed E-state index contributed by atoms with van der Waals surface area (Å²) in [6.45, 7) is 4.59. The van der Waals surface area contributed by atoms with E-state index >= 15 is 0 Å². The summed E-state index contributed by atoms with van der Waals surface area (Å²) in [5.74, 6) is -0.625. The number of carbonyl (C=O) groups excluding carboxylic acids is 1. The standard InChI is InChI=1S/C14H22F3N3O/c1-4-11(5-2)20(9-14(15,16)17)13(21)12-7-10(18)8-19(12)6-3/h7-8,11H,4-6,9,18H2,1-3H3. The van der Waals surface area contributed by atoms with Gasteiger partial charge in [0.15, 0.2) is 0 Å². The molecule has 1 aromatic heterocycles. The van der Waals surface area contributed by atoms with Crippen LogP contribution in [0.1, 0.15) is 44.1 Å². The molecule has 7 heteroatoms. The van der Waals surface area contributed by atoms with Crippen molar-refractivity contribution in [3.8, 4) is 0 Å². The van der Waals surface area contributed by atoms with E-state index in [1.165, 1.54) is 6.07 Å². The van der Waals surface area contributed by atoms with E-state index in [1.54, 1.807) is 31.5 Å². The van der Waals surface area contributed by atoms with Crippen molar-refractivity contribution >= 4 is 11.6 Å². The lowest BCUT2D eigenvalue weighted by Crippen LogP contribution is -2.45. The lowest BCUT2D eigenvalue weighted by molar-refractivity contribution is -0.145. The molecule has 1 rings (SSSR count). The van der Waals surface area contributed by atoms with Gasteiger partial charge in [0, 0.05) is 18.8 Å². The first-order chi connectivity index (χ1) is 9.73. The molecule has 0 radical (unpaired) electrons. The number of hydrogen-bond donors (Lipinski definition) is 1. The average Bonchev–Trinajstić information content (AvgIpc) is 2.78. The van der Waals surface area contributed by atoms with E-state index < -0.39 is 24.7 Å². The van der Waals surface area contributed by atoms with Crippen LogP contribution < -0.4 is 5.73 Å². The maximum atomic E-state index is 12.8. The number of nitrogen functional groups attached to an aromatic ring is 1. The van der Waals surface area contributed by atoms with Gasteiger partial charge in [0.1, 0.15) is 12.2 Å². The number of nitrogens with zero attached hydrogens (tertiary/aromatic N) is 2. The van der Waals surface area contributed by atoms with Gasteiger partial charge in [-0.3, -0.25) is 4.79 Å². The normalized spacial score (nSPS) is 12.0. The van der Waals surface area contributed by atoms with Crippen LogP contribution >= 0.6 is 0 Å². The first-order valence-electron chi connectivity index (χ1n) is 7.06. The van der Waals surface area contributed by atoms with Crippen LogP contribution in [0.2, 0.25) is 0 Å². The molecule has 0 unspecified atom stereocenters. The second kappa shape index (κ2) is 6.87. The van der Waals surface area contributed by atoms with Crippen molar-refractivity contribution in [3.63, 3.8) is 0 Å². The molecular weight excluding hydrogens is 283 g/mol. The maximum absolute atomic E-state index is 12.8. The highest BCUT2D eigenvalue weighted by atomic mass is 19.4. The molecule has 4 nitrogen and oxygen atoms in total. The monoisotopic (exact) mass is 305 g/mol. The molecule has 0 spiro atoms. The molecule has 1 aromatic rings. The Bertz CT molecular complexity index is 478. The van der Waals surface area contributed by atoms with Crippen molar-refractivity contribution < 1.29 is 18.0 Å². The van der Waals surface area contributed by atoms with Crippen LogP contribution in [0.3, 0.4) is 0 Å². The van der Waals surface area contributed by atoms with Crippen molar-refractivity contribution in [2.75, 3.05) is 12.3 Å². The lowest BCUT2D eigenvalue weighted by Gasteiger charge is -2.31. The van der Waals surface area contributed by atoms with Crippen LogP contribution in [0.25, 0.3) is 0 Å². The fraction of sp³-hybridized carbons (Fsp3) is 0.643. The third-order valence-electron chi connectivity index (χ3n) is 3.47. The SMILES string of the molecule is CCC(CC)N(CC(F)(F)F)C(=O)c1cc(N)cn1CC. The molecule has 0 aromatic carbocycles. The van der Waals surface area contributed by atoms with E-state index in [-0.39, 0.29) is 5.69 Å². The number of carbonyl (C=O) groups is 1. The van der Waals surface area contributed by atoms with E-state index in [0.717, 1.165) is 4.90 Å². The van der Waals surface area contributed by atoms with Crippen LogP contribution in [0.5, 0.6) is 0 Å². The van der Waals surface area contributed by atoms with Gasteiger partial charge in [-0.25, -0.2) is 0 Å². The Morgan fingerprint density at radius 2 is 1.90 bits per heavy atom. The predicted molar refractivity (Wildman–Crippen MR) is 76.0 cm³/mol. The Morgan fingerprint density at radius 1 is 1.33 bits per heavy atom. The van der Waals surface area contributed by atoms with E-state index in [9.17, 15) is 18.0 Å². The number of halogens is 3. The van der Waals surface area contributed by atoms with Crippen LogP contribution in [0.15, 0.2) is 12.3 Å². The first kappa shape index (κ1) is 17.4. The Balaban J connectivity index is 3.14. The fourth-order valence-corrected chi connectivity index (χ4v) is 2.41. The number of anilines is 1. The molecule has 0 saturated heterocycles. The Hall–Kier alpha value is -1.66. The summed E-state index contributed by atoms with van der Waals surface area (Å²) in [4.78, 5) is 13.4. The molecule has 0 bridgehead atoms. The van der Waals surface area contributed by atoms with Gasteiger partial charge in [-0.05, 0) is 25.8 Å². The minimum Gasteiger partial charge on any atom is -0.397 e. The molecule has 0 aliphatic rings. The van der Waals surface area contributed by atoms with E-state index in [1.807, 2.05) is 0 Å². The summed E-state index contributed by atoms with van der Waals surface area (Å²) < 4.78 is 39.9. The topological polar surface area (TPSA) is 51.3 Å². The number of aromatic nitrogens is 1. The van der Waals surface area contributed by atoms with Crippen LogP contribution in [0, 0.1) is 0 Å². The van der Waals surface area contributed by atoms with Crippen molar-refractivity contribution in [1.82, 2.24) is 9.47 Å². The first-order valence-corrected chi connectivity index (χ1v) is 7.06. The zero-order valence-corrected chi connectivity index (χ0v) is 12.6. The third kappa shape index (κ3) is 4.41. The summed E-state index contributed by atoms with van der Waals surface area (Å²) in [6, 6.07) is 0.984. The molecule has 0 saturated carbocycles. The number of hydrogen-bond acceptors (Lipinski definition) is 2. The summed E-state index contributed by atoms with van der Waals surface area (Å²) in [6.07, 6.45) is -1.92. The molecule has 21 heavy (non-hydrogen) atoms. The number of rotatable bonds is 6. The molecule has 1 heterocycles. The zero-order chi connectivity index (χ0) is 16.2. The van der Waals surface area contributed by atoms with E-state index in [4.69, 9.17) is 5.73 Å². The second-order valence-corrected chi connectivity index (χ2v) is 4.96. The van der Waals surface area contributed by atoms with Gasteiger partial charge in [-0.2, -0.15) is 13.2 Å². The third-order valence-corrected chi connectivity index (χ3v) is 3.47. The zero-order valence-electron chi connectivity index (χ0n) is 12.6. The maximum Gasteiger partial charge on any atom is 0.406 e. The van der Waals surface area contributed by atoms with Crippen molar-refractivity contribution in [2.45, 2.75) is 52.4 Å². The van der Waals surface area contributed by atoms with Gasteiger partial charge in [0.2, 0.25) is 0 Å². The largest absolute Gasteiger partial charge is 0.406 e. The molecular formula is C14H22F3N3O. The Morgan fingerprint density at radius 3 is 2.33 bits per heavy atom. The van der Waals surface area contributed by atoms with Crippen LogP contribution in [-0.2, 0) is 6.54 Å². The molecule has 2 N–H and O–H groups in total. The van der Waals surface area contributed by atoms with Crippen molar-refractivity contribution in [3.05, 3.63) is 18.0 Å². The van der Waals surface area contributed by atoms with Crippen LogP contribution in [-0.4, -0.2) is 34.1 Å². The van der Waals surface area contributed by atoms with Gasteiger partial charge in [0.25, 0.3) is 5.91 Å². The van der Waals surface area contributed by atoms with Crippen molar-refractivity contribution in [2.24, 2.45) is 0 Å². The number of alkyl halides is 3. The van der Waals surface area contributed by atoms with E-state index in [2.05, 4.69) is 0 Å². The fourth-order valence-electron chi connectivity index (χ4n) is 2.41. The summed E-state index contributed by atoms with van der Waals surface area (Å²) >= 11 is 0. The molecule has 0 aliphatic heterocycles. The Kier molecular flexibility index (Phi) is 5.69. The Labute approximate surface area is 122 Å². The van der Waals surface area contributed by atoms with Gasteiger partial charge in [0.05, 0.1) is 5.69 Å². The minimum atomic E-state index is -4.42. The number of nitrogens with two attached hydrogens (primary N) is 1. The smallest absolute Gasteiger partial charge is 0.397 e. The van der Waals surface area contributed by atoms with Gasteiger partial charge >= 0.3 is 6.18 Å². The summed E-state index contributed by atoms with van der Waals surface area (Å²) in [5.41, 5.74) is 6.22. The number of amides is 1.